The first-order valence-electron chi connectivity index (χ1n) is 5.04. The summed E-state index contributed by atoms with van der Waals surface area (Å²) in [5.74, 6) is 0.824. The van der Waals surface area contributed by atoms with Crippen LogP contribution in [0.3, 0.4) is 0 Å². The Morgan fingerprint density at radius 1 is 1.59 bits per heavy atom. The number of carbonyl (C=O) groups is 1. The Hall–Kier alpha value is -1.75. The van der Waals surface area contributed by atoms with Gasteiger partial charge < -0.3 is 14.2 Å². The van der Waals surface area contributed by atoms with Crippen molar-refractivity contribution in [1.82, 2.24) is 10.3 Å². The highest BCUT2D eigenvalue weighted by atomic mass is 35.5. The second kappa shape index (κ2) is 4.63. The fraction of sp³-hybridized carbons (Fsp3) is 0.273. The Balaban J connectivity index is 2.07. The summed E-state index contributed by atoms with van der Waals surface area (Å²) >= 11 is 5.70. The lowest BCUT2D eigenvalue weighted by atomic mass is 10.2. The first kappa shape index (κ1) is 11.7. The van der Waals surface area contributed by atoms with Crippen LogP contribution in [0.1, 0.15) is 35.0 Å². The molecule has 0 aliphatic heterocycles. The van der Waals surface area contributed by atoms with E-state index < -0.39 is 0 Å². The second-order valence-electron chi connectivity index (χ2n) is 3.61. The molecule has 0 saturated heterocycles. The summed E-state index contributed by atoms with van der Waals surface area (Å²) in [6.07, 6.45) is 2.96. The van der Waals surface area contributed by atoms with E-state index in [0.29, 0.717) is 17.2 Å². The normalized spacial score (nSPS) is 12.4. The number of aromatic nitrogens is 1. The van der Waals surface area contributed by atoms with Crippen LogP contribution in [0.4, 0.5) is 0 Å². The Kier molecular flexibility index (Phi) is 3.19. The molecule has 2 heterocycles. The zero-order valence-electron chi connectivity index (χ0n) is 9.36. The van der Waals surface area contributed by atoms with Crippen molar-refractivity contribution in [3.05, 3.63) is 41.0 Å². The van der Waals surface area contributed by atoms with Crippen LogP contribution in [-0.4, -0.2) is 10.9 Å². The van der Waals surface area contributed by atoms with Crippen molar-refractivity contribution < 1.29 is 13.6 Å². The lowest BCUT2D eigenvalue weighted by Crippen LogP contribution is -2.26. The predicted octanol–water partition coefficient (Wildman–Crippen LogP) is 2.72. The van der Waals surface area contributed by atoms with E-state index in [1.165, 1.54) is 12.3 Å². The van der Waals surface area contributed by atoms with E-state index >= 15 is 0 Å². The zero-order valence-corrected chi connectivity index (χ0v) is 10.1. The molecule has 1 N–H and O–H groups in total. The summed E-state index contributed by atoms with van der Waals surface area (Å²) in [6, 6.07) is 1.17. The molecule has 1 unspecified atom stereocenters. The molecule has 1 amide bonds. The van der Waals surface area contributed by atoms with Crippen LogP contribution < -0.4 is 5.32 Å². The van der Waals surface area contributed by atoms with E-state index in [-0.39, 0.29) is 17.2 Å². The predicted molar refractivity (Wildman–Crippen MR) is 60.8 cm³/mol. The molecule has 0 aliphatic carbocycles. The van der Waals surface area contributed by atoms with Gasteiger partial charge in [0.1, 0.15) is 11.8 Å². The third kappa shape index (κ3) is 2.50. The van der Waals surface area contributed by atoms with E-state index in [0.717, 1.165) is 0 Å². The number of furan rings is 1. The molecule has 2 aromatic rings. The number of carbonyl (C=O) groups excluding carboxylic acids is 1. The van der Waals surface area contributed by atoms with Crippen molar-refractivity contribution in [2.75, 3.05) is 0 Å². The number of nitrogens with one attached hydrogen (secondary N) is 1. The van der Waals surface area contributed by atoms with Gasteiger partial charge in [-0.15, -0.1) is 0 Å². The maximum Gasteiger partial charge on any atom is 0.256 e. The van der Waals surface area contributed by atoms with Gasteiger partial charge in [0.25, 0.3) is 5.91 Å². The van der Waals surface area contributed by atoms with Crippen molar-refractivity contribution in [2.45, 2.75) is 19.9 Å². The van der Waals surface area contributed by atoms with Crippen LogP contribution >= 0.6 is 11.6 Å². The molecular formula is C11H11ClN2O3. The highest BCUT2D eigenvalue weighted by molar-refractivity contribution is 6.32. The van der Waals surface area contributed by atoms with Gasteiger partial charge in [-0.05, 0) is 31.5 Å². The average Bonchev–Trinajstić information content (AvgIpc) is 2.86. The Labute approximate surface area is 103 Å². The van der Waals surface area contributed by atoms with Gasteiger partial charge in [0, 0.05) is 0 Å². The van der Waals surface area contributed by atoms with Crippen LogP contribution in [0.2, 0.25) is 5.22 Å². The Morgan fingerprint density at radius 3 is 2.88 bits per heavy atom. The Bertz CT molecular complexity index is 532. The fourth-order valence-electron chi connectivity index (χ4n) is 1.36. The molecule has 0 aliphatic rings. The second-order valence-corrected chi connectivity index (χ2v) is 3.96. The summed E-state index contributed by atoms with van der Waals surface area (Å²) in [5, 5.41) is 2.78. The molecule has 17 heavy (non-hydrogen) atoms. The number of hydrogen-bond donors (Lipinski definition) is 1. The number of halogens is 1. The number of nitrogens with zero attached hydrogens (tertiary/aromatic N) is 1. The van der Waals surface area contributed by atoms with Gasteiger partial charge in [-0.3, -0.25) is 4.79 Å². The molecule has 0 saturated carbocycles. The highest BCUT2D eigenvalue weighted by Gasteiger charge is 2.18. The van der Waals surface area contributed by atoms with E-state index in [4.69, 9.17) is 20.4 Å². The molecule has 2 rings (SSSR count). The number of oxazole rings is 1. The van der Waals surface area contributed by atoms with Gasteiger partial charge in [0.05, 0.1) is 18.0 Å². The van der Waals surface area contributed by atoms with Gasteiger partial charge in [0.15, 0.2) is 0 Å². The molecule has 1 atom stereocenters. The van der Waals surface area contributed by atoms with Crippen molar-refractivity contribution >= 4 is 17.5 Å². The largest absolute Gasteiger partial charge is 0.452 e. The van der Waals surface area contributed by atoms with E-state index in [2.05, 4.69) is 10.3 Å². The van der Waals surface area contributed by atoms with Crippen molar-refractivity contribution in [1.29, 1.82) is 0 Å². The zero-order chi connectivity index (χ0) is 12.4. The molecule has 90 valence electrons. The van der Waals surface area contributed by atoms with Gasteiger partial charge in [-0.1, -0.05) is 0 Å². The summed E-state index contributed by atoms with van der Waals surface area (Å²) < 4.78 is 10.2. The first-order valence-corrected chi connectivity index (χ1v) is 5.42. The topological polar surface area (TPSA) is 68.3 Å². The summed E-state index contributed by atoms with van der Waals surface area (Å²) in [7, 11) is 0. The molecule has 2 aromatic heterocycles. The first-order chi connectivity index (χ1) is 8.08. The maximum absolute atomic E-state index is 11.8. The number of rotatable bonds is 3. The molecule has 0 aromatic carbocycles. The van der Waals surface area contributed by atoms with Crippen molar-refractivity contribution in [3.63, 3.8) is 0 Å². The quantitative estimate of drug-likeness (QED) is 0.914. The molecule has 0 fully saturated rings. The maximum atomic E-state index is 11.8. The highest BCUT2D eigenvalue weighted by Crippen LogP contribution is 2.18. The monoisotopic (exact) mass is 254 g/mol. The van der Waals surface area contributed by atoms with Gasteiger partial charge in [0.2, 0.25) is 11.1 Å². The fourth-order valence-corrected chi connectivity index (χ4v) is 1.56. The smallest absolute Gasteiger partial charge is 0.256 e. The number of hydrogen-bond acceptors (Lipinski definition) is 4. The number of aryl methyl sites for hydroxylation is 1. The summed E-state index contributed by atoms with van der Waals surface area (Å²) in [6.45, 7) is 3.56. The molecule has 0 spiro atoms. The van der Waals surface area contributed by atoms with E-state index in [1.54, 1.807) is 20.0 Å². The van der Waals surface area contributed by atoms with Gasteiger partial charge in [-0.2, -0.15) is 0 Å². The van der Waals surface area contributed by atoms with Crippen LogP contribution in [-0.2, 0) is 0 Å². The van der Waals surface area contributed by atoms with Crippen LogP contribution in [0.15, 0.2) is 27.4 Å². The van der Waals surface area contributed by atoms with Crippen molar-refractivity contribution in [2.24, 2.45) is 0 Å². The van der Waals surface area contributed by atoms with E-state index in [9.17, 15) is 4.79 Å². The standard InChI is InChI=1S/C11H11ClN2O3/c1-6-5-13-11(17-6)7(2)14-10(15)8-3-4-16-9(8)12/h3-5,7H,1-2H3,(H,14,15). The van der Waals surface area contributed by atoms with E-state index in [1.807, 2.05) is 0 Å². The third-order valence-corrected chi connectivity index (χ3v) is 2.51. The lowest BCUT2D eigenvalue weighted by Gasteiger charge is -2.09. The number of amides is 1. The van der Waals surface area contributed by atoms with Gasteiger partial charge >= 0.3 is 0 Å². The average molecular weight is 255 g/mol. The molecule has 5 nitrogen and oxygen atoms in total. The SMILES string of the molecule is Cc1cnc(C(C)NC(=O)c2ccoc2Cl)o1. The van der Waals surface area contributed by atoms with Gasteiger partial charge in [-0.25, -0.2) is 4.98 Å². The molecule has 0 radical (unpaired) electrons. The summed E-state index contributed by atoms with van der Waals surface area (Å²) in [4.78, 5) is 15.8. The molecular weight excluding hydrogens is 244 g/mol. The molecule has 6 heteroatoms. The van der Waals surface area contributed by atoms with Crippen LogP contribution in [0.25, 0.3) is 0 Å². The lowest BCUT2D eigenvalue weighted by molar-refractivity contribution is 0.0933. The minimum atomic E-state index is -0.331. The third-order valence-electron chi connectivity index (χ3n) is 2.22. The molecule has 0 bridgehead atoms. The van der Waals surface area contributed by atoms with Crippen LogP contribution in [0.5, 0.6) is 0 Å². The minimum absolute atomic E-state index is 0.0679. The van der Waals surface area contributed by atoms with Crippen molar-refractivity contribution in [3.8, 4) is 0 Å². The van der Waals surface area contributed by atoms with Crippen LogP contribution in [0, 0.1) is 6.92 Å². The Morgan fingerprint density at radius 2 is 2.35 bits per heavy atom. The summed E-state index contributed by atoms with van der Waals surface area (Å²) in [5.41, 5.74) is 0.293. The minimum Gasteiger partial charge on any atom is -0.452 e.